The molecule has 1 N–H and O–H groups in total. The summed E-state index contributed by atoms with van der Waals surface area (Å²) in [4.78, 5) is 30.8. The molecule has 0 bridgehead atoms. The highest BCUT2D eigenvalue weighted by Gasteiger charge is 2.52. The normalized spacial score (nSPS) is 26.8. The minimum absolute atomic E-state index is 0.00782. The summed E-state index contributed by atoms with van der Waals surface area (Å²) >= 11 is 0. The molecule has 6 nitrogen and oxygen atoms in total. The molecular formula is C29H37N3O3. The van der Waals surface area contributed by atoms with Gasteiger partial charge in [-0.15, -0.1) is 0 Å². The van der Waals surface area contributed by atoms with E-state index in [0.29, 0.717) is 18.6 Å². The summed E-state index contributed by atoms with van der Waals surface area (Å²) in [6.07, 6.45) is 6.28. The number of carbonyl (C=O) groups is 2. The molecule has 186 valence electrons. The monoisotopic (exact) mass is 475 g/mol. The molecule has 0 unspecified atom stereocenters. The van der Waals surface area contributed by atoms with Crippen molar-refractivity contribution in [1.82, 2.24) is 15.1 Å². The van der Waals surface area contributed by atoms with Gasteiger partial charge in [-0.3, -0.25) is 14.5 Å². The molecule has 5 rings (SSSR count). The second-order valence-electron chi connectivity index (χ2n) is 10.6. The fourth-order valence-corrected chi connectivity index (χ4v) is 6.22. The minimum atomic E-state index is -0.401. The number of rotatable bonds is 7. The number of hydrogen-bond donors (Lipinski definition) is 1. The van der Waals surface area contributed by atoms with Crippen LogP contribution >= 0.6 is 0 Å². The van der Waals surface area contributed by atoms with Gasteiger partial charge in [0, 0.05) is 24.6 Å². The largest absolute Gasteiger partial charge is 0.492 e. The van der Waals surface area contributed by atoms with E-state index in [-0.39, 0.29) is 23.9 Å². The number of nitrogens with one attached hydrogen (secondary N) is 1. The van der Waals surface area contributed by atoms with E-state index < -0.39 is 5.54 Å². The van der Waals surface area contributed by atoms with Crippen LogP contribution in [0.5, 0.6) is 5.75 Å². The number of ether oxygens (including phenoxy) is 1. The van der Waals surface area contributed by atoms with Crippen molar-refractivity contribution in [3.05, 3.63) is 65.7 Å². The van der Waals surface area contributed by atoms with Crippen LogP contribution in [0.15, 0.2) is 54.6 Å². The zero-order valence-electron chi connectivity index (χ0n) is 20.7. The van der Waals surface area contributed by atoms with Crippen molar-refractivity contribution in [1.29, 1.82) is 0 Å². The third-order valence-corrected chi connectivity index (χ3v) is 7.96. The van der Waals surface area contributed by atoms with Gasteiger partial charge in [-0.2, -0.15) is 0 Å². The van der Waals surface area contributed by atoms with E-state index in [1.807, 2.05) is 42.5 Å². The maximum absolute atomic E-state index is 13.9. The molecule has 35 heavy (non-hydrogen) atoms. The van der Waals surface area contributed by atoms with Crippen LogP contribution in [0.25, 0.3) is 0 Å². The number of amides is 2. The van der Waals surface area contributed by atoms with Gasteiger partial charge >= 0.3 is 0 Å². The van der Waals surface area contributed by atoms with Gasteiger partial charge in [-0.1, -0.05) is 30.3 Å². The molecule has 2 aromatic carbocycles. The smallest absolute Gasteiger partial charge is 0.254 e. The standard InChI is InChI=1S/C29H37N3O3/c1-29-21-24(20-22-8-3-2-4-9-22)32(26(29)10-7-11-27(33)30-29)28(34)23-12-14-25(15-13-23)35-19-18-31-16-5-6-17-31/h2-4,8-9,12-15,24,26H,5-7,10-11,16-21H2,1H3,(H,30,33)/t24-,26+,29+/m1/s1. The predicted octanol–water partition coefficient (Wildman–Crippen LogP) is 4.05. The summed E-state index contributed by atoms with van der Waals surface area (Å²) in [7, 11) is 0. The molecule has 3 aliphatic rings. The van der Waals surface area contributed by atoms with Crippen LogP contribution in [0.3, 0.4) is 0 Å². The number of fused-ring (bicyclic) bond motifs is 1. The first-order valence-corrected chi connectivity index (χ1v) is 13.1. The number of likely N-dealkylation sites (tertiary alicyclic amines) is 2. The van der Waals surface area contributed by atoms with Crippen molar-refractivity contribution in [3.63, 3.8) is 0 Å². The van der Waals surface area contributed by atoms with Crippen molar-refractivity contribution in [2.45, 2.75) is 69.5 Å². The van der Waals surface area contributed by atoms with Crippen LogP contribution in [0.1, 0.15) is 61.4 Å². The Kier molecular flexibility index (Phi) is 7.09. The van der Waals surface area contributed by atoms with E-state index in [1.165, 1.54) is 18.4 Å². The van der Waals surface area contributed by atoms with Crippen molar-refractivity contribution >= 4 is 11.8 Å². The first kappa shape index (κ1) is 23.9. The van der Waals surface area contributed by atoms with Crippen LogP contribution in [0, 0.1) is 0 Å². The van der Waals surface area contributed by atoms with Crippen molar-refractivity contribution in [3.8, 4) is 5.75 Å². The quantitative estimate of drug-likeness (QED) is 0.657. The van der Waals surface area contributed by atoms with E-state index in [0.717, 1.165) is 51.1 Å². The molecule has 3 saturated heterocycles. The maximum atomic E-state index is 13.9. The first-order chi connectivity index (χ1) is 17.0. The molecular weight excluding hydrogens is 438 g/mol. The van der Waals surface area contributed by atoms with E-state index in [2.05, 4.69) is 34.2 Å². The topological polar surface area (TPSA) is 61.9 Å². The molecule has 3 aliphatic heterocycles. The van der Waals surface area contributed by atoms with Crippen LogP contribution in [0.2, 0.25) is 0 Å². The molecule has 2 amide bonds. The highest BCUT2D eigenvalue weighted by atomic mass is 16.5. The van der Waals surface area contributed by atoms with Crippen molar-refractivity contribution < 1.29 is 14.3 Å². The fraction of sp³-hybridized carbons (Fsp3) is 0.517. The van der Waals surface area contributed by atoms with Crippen LogP contribution in [-0.2, 0) is 11.2 Å². The van der Waals surface area contributed by atoms with Crippen molar-refractivity contribution in [2.75, 3.05) is 26.2 Å². The molecule has 3 atom stereocenters. The third-order valence-electron chi connectivity index (χ3n) is 7.96. The highest BCUT2D eigenvalue weighted by Crippen LogP contribution is 2.40. The lowest BCUT2D eigenvalue weighted by Gasteiger charge is -2.35. The number of nitrogens with zero attached hydrogens (tertiary/aromatic N) is 2. The predicted molar refractivity (Wildman–Crippen MR) is 137 cm³/mol. The second kappa shape index (κ2) is 10.4. The minimum Gasteiger partial charge on any atom is -0.492 e. The lowest BCUT2D eigenvalue weighted by Crippen LogP contribution is -2.54. The lowest BCUT2D eigenvalue weighted by atomic mass is 9.88. The van der Waals surface area contributed by atoms with Gasteiger partial charge < -0.3 is 15.0 Å². The van der Waals surface area contributed by atoms with Gasteiger partial charge in [0.15, 0.2) is 0 Å². The van der Waals surface area contributed by atoms with E-state index in [1.54, 1.807) is 0 Å². The molecule has 3 fully saturated rings. The van der Waals surface area contributed by atoms with E-state index >= 15 is 0 Å². The Labute approximate surface area is 208 Å². The Balaban J connectivity index is 1.32. The number of carbonyl (C=O) groups excluding carboxylic acids is 2. The molecule has 3 heterocycles. The van der Waals surface area contributed by atoms with Gasteiger partial charge in [0.2, 0.25) is 5.91 Å². The highest BCUT2D eigenvalue weighted by molar-refractivity contribution is 5.95. The Morgan fingerprint density at radius 3 is 2.54 bits per heavy atom. The summed E-state index contributed by atoms with van der Waals surface area (Å²) < 4.78 is 5.94. The zero-order chi connectivity index (χ0) is 24.3. The fourth-order valence-electron chi connectivity index (χ4n) is 6.22. The molecule has 2 aromatic rings. The average molecular weight is 476 g/mol. The lowest BCUT2D eigenvalue weighted by molar-refractivity contribution is -0.122. The Hall–Kier alpha value is -2.86. The molecule has 0 aliphatic carbocycles. The SMILES string of the molecule is C[C@]12C[C@@H](Cc3ccccc3)N(C(=O)c3ccc(OCCN4CCCC4)cc3)[C@H]1CCCC(=O)N2. The molecule has 0 aromatic heterocycles. The third kappa shape index (κ3) is 5.37. The van der Waals surface area contributed by atoms with Gasteiger partial charge in [0.05, 0.1) is 11.6 Å². The summed E-state index contributed by atoms with van der Waals surface area (Å²) in [6, 6.07) is 18.0. The van der Waals surface area contributed by atoms with Crippen LogP contribution in [0.4, 0.5) is 0 Å². The molecule has 6 heteroatoms. The average Bonchev–Trinajstić information content (AvgIpc) is 3.42. The van der Waals surface area contributed by atoms with Gasteiger partial charge in [-0.25, -0.2) is 0 Å². The molecule has 0 radical (unpaired) electrons. The summed E-state index contributed by atoms with van der Waals surface area (Å²) in [5.74, 6) is 0.937. The first-order valence-electron chi connectivity index (χ1n) is 13.1. The Morgan fingerprint density at radius 2 is 1.80 bits per heavy atom. The Morgan fingerprint density at radius 1 is 1.06 bits per heavy atom. The van der Waals surface area contributed by atoms with Gasteiger partial charge in [0.25, 0.3) is 5.91 Å². The summed E-state index contributed by atoms with van der Waals surface area (Å²) in [6.45, 7) is 6.05. The summed E-state index contributed by atoms with van der Waals surface area (Å²) in [5, 5.41) is 3.27. The maximum Gasteiger partial charge on any atom is 0.254 e. The number of hydrogen-bond acceptors (Lipinski definition) is 4. The van der Waals surface area contributed by atoms with Crippen molar-refractivity contribution in [2.24, 2.45) is 0 Å². The van der Waals surface area contributed by atoms with Crippen LogP contribution < -0.4 is 10.1 Å². The van der Waals surface area contributed by atoms with Crippen LogP contribution in [-0.4, -0.2) is 65.5 Å². The van der Waals surface area contributed by atoms with E-state index in [4.69, 9.17) is 4.74 Å². The summed E-state index contributed by atoms with van der Waals surface area (Å²) in [5.41, 5.74) is 1.49. The van der Waals surface area contributed by atoms with Gasteiger partial charge in [-0.05, 0) is 88.4 Å². The van der Waals surface area contributed by atoms with E-state index in [9.17, 15) is 9.59 Å². The second-order valence-corrected chi connectivity index (χ2v) is 10.6. The molecule has 0 saturated carbocycles. The molecule has 0 spiro atoms. The Bertz CT molecular complexity index is 1020. The van der Waals surface area contributed by atoms with Gasteiger partial charge in [0.1, 0.15) is 12.4 Å². The zero-order valence-corrected chi connectivity index (χ0v) is 20.7. The number of benzene rings is 2.